The molecule has 0 radical (unpaired) electrons. The molecule has 4 rings (SSSR count). The van der Waals surface area contributed by atoms with Crippen molar-refractivity contribution in [2.75, 3.05) is 39.8 Å². The van der Waals surface area contributed by atoms with Crippen molar-refractivity contribution in [1.29, 1.82) is 0 Å². The first-order valence-corrected chi connectivity index (χ1v) is 11.8. The second-order valence-electron chi connectivity index (χ2n) is 8.52. The number of nitrogens with zero attached hydrogens (tertiary/aromatic N) is 3. The van der Waals surface area contributed by atoms with E-state index in [0.717, 1.165) is 43.9 Å². The summed E-state index contributed by atoms with van der Waals surface area (Å²) in [5, 5.41) is 4.13. The number of amides is 1. The Morgan fingerprint density at radius 3 is 2.23 bits per heavy atom. The Kier molecular flexibility index (Phi) is 8.86. The number of carbonyl (C=O) groups is 1. The Hall–Kier alpha value is -3.68. The molecule has 3 aromatic rings. The van der Waals surface area contributed by atoms with E-state index in [4.69, 9.17) is 9.47 Å². The van der Waals surface area contributed by atoms with Crippen molar-refractivity contribution in [3.05, 3.63) is 95.6 Å². The predicted octanol–water partition coefficient (Wildman–Crippen LogP) is 3.54. The first-order chi connectivity index (χ1) is 17.2. The van der Waals surface area contributed by atoms with Crippen LogP contribution in [0.1, 0.15) is 16.7 Å². The van der Waals surface area contributed by atoms with Crippen LogP contribution in [-0.4, -0.2) is 61.8 Å². The van der Waals surface area contributed by atoms with E-state index in [9.17, 15) is 4.79 Å². The molecule has 0 saturated carbocycles. The number of piperazine rings is 1. The van der Waals surface area contributed by atoms with Crippen LogP contribution in [0, 0.1) is 0 Å². The number of rotatable bonds is 10. The van der Waals surface area contributed by atoms with E-state index >= 15 is 0 Å². The molecule has 7 heteroatoms. The Balaban J connectivity index is 1.22. The summed E-state index contributed by atoms with van der Waals surface area (Å²) in [5.41, 5.74) is 5.84. The van der Waals surface area contributed by atoms with Gasteiger partial charge in [0.15, 0.2) is 11.5 Å². The zero-order chi connectivity index (χ0) is 24.3. The highest BCUT2D eigenvalue weighted by Gasteiger charge is 2.18. The van der Waals surface area contributed by atoms with Crippen LogP contribution < -0.4 is 14.9 Å². The van der Waals surface area contributed by atoms with E-state index in [0.29, 0.717) is 24.7 Å². The summed E-state index contributed by atoms with van der Waals surface area (Å²) in [7, 11) is 1.61. The third-order valence-electron chi connectivity index (χ3n) is 5.91. The topological polar surface area (TPSA) is 66.4 Å². The molecule has 1 amide bonds. The summed E-state index contributed by atoms with van der Waals surface area (Å²) in [6, 6.07) is 26.0. The summed E-state index contributed by atoms with van der Waals surface area (Å²) in [4.78, 5) is 17.0. The average molecular weight is 473 g/mol. The van der Waals surface area contributed by atoms with Crippen LogP contribution in [0.15, 0.2) is 84.0 Å². The average Bonchev–Trinajstić information content (AvgIpc) is 2.90. The van der Waals surface area contributed by atoms with Crippen molar-refractivity contribution in [1.82, 2.24) is 15.2 Å². The molecule has 1 saturated heterocycles. The SMILES string of the molecule is COc1ccc(/C=N/NC(=O)CN2CCN(Cc3ccccc3)CC2)cc1OCc1ccccc1. The number of hydrogen-bond acceptors (Lipinski definition) is 6. The molecule has 0 aromatic heterocycles. The van der Waals surface area contributed by atoms with Gasteiger partial charge in [-0.25, -0.2) is 5.43 Å². The minimum absolute atomic E-state index is 0.119. The number of ether oxygens (including phenoxy) is 2. The van der Waals surface area contributed by atoms with Crippen molar-refractivity contribution in [2.24, 2.45) is 5.10 Å². The van der Waals surface area contributed by atoms with Crippen LogP contribution in [-0.2, 0) is 17.9 Å². The van der Waals surface area contributed by atoms with Crippen molar-refractivity contribution < 1.29 is 14.3 Å². The molecule has 7 nitrogen and oxygen atoms in total. The van der Waals surface area contributed by atoms with Gasteiger partial charge in [-0.05, 0) is 34.9 Å². The molecule has 3 aromatic carbocycles. The lowest BCUT2D eigenvalue weighted by molar-refractivity contribution is -0.122. The number of carbonyl (C=O) groups excluding carboxylic acids is 1. The summed E-state index contributed by atoms with van der Waals surface area (Å²) in [6.45, 7) is 5.35. The number of nitrogens with one attached hydrogen (secondary N) is 1. The fraction of sp³-hybridized carbons (Fsp3) is 0.286. The van der Waals surface area contributed by atoms with Crippen LogP contribution in [0.3, 0.4) is 0 Å². The maximum Gasteiger partial charge on any atom is 0.254 e. The zero-order valence-electron chi connectivity index (χ0n) is 20.1. The first kappa shape index (κ1) is 24.4. The largest absolute Gasteiger partial charge is 0.493 e. The van der Waals surface area contributed by atoms with E-state index in [1.54, 1.807) is 13.3 Å². The monoisotopic (exact) mass is 472 g/mol. The Labute approximate surface area is 207 Å². The van der Waals surface area contributed by atoms with Gasteiger partial charge in [-0.2, -0.15) is 5.10 Å². The third-order valence-corrected chi connectivity index (χ3v) is 5.91. The van der Waals surface area contributed by atoms with Gasteiger partial charge in [-0.1, -0.05) is 60.7 Å². The van der Waals surface area contributed by atoms with Gasteiger partial charge in [0.05, 0.1) is 19.9 Å². The molecule has 1 aliphatic rings. The normalized spacial score (nSPS) is 14.7. The highest BCUT2D eigenvalue weighted by molar-refractivity contribution is 5.83. The van der Waals surface area contributed by atoms with Crippen molar-refractivity contribution in [3.8, 4) is 11.5 Å². The second-order valence-corrected chi connectivity index (χ2v) is 8.52. The van der Waals surface area contributed by atoms with E-state index < -0.39 is 0 Å². The molecule has 0 aliphatic carbocycles. The van der Waals surface area contributed by atoms with Crippen molar-refractivity contribution >= 4 is 12.1 Å². The molecule has 1 fully saturated rings. The van der Waals surface area contributed by atoms with Gasteiger partial charge < -0.3 is 9.47 Å². The number of hydrazone groups is 1. The Bertz CT molecular complexity index is 1100. The van der Waals surface area contributed by atoms with E-state index in [2.05, 4.69) is 44.6 Å². The Morgan fingerprint density at radius 2 is 1.54 bits per heavy atom. The van der Waals surface area contributed by atoms with Crippen LogP contribution in [0.25, 0.3) is 0 Å². The van der Waals surface area contributed by atoms with E-state index in [1.807, 2.05) is 54.6 Å². The summed E-state index contributed by atoms with van der Waals surface area (Å²) in [6.07, 6.45) is 1.62. The smallest absolute Gasteiger partial charge is 0.254 e. The lowest BCUT2D eigenvalue weighted by Crippen LogP contribution is -2.48. The molecule has 0 unspecified atom stereocenters. The molecule has 1 heterocycles. The van der Waals surface area contributed by atoms with Crippen LogP contribution in [0.4, 0.5) is 0 Å². The maximum atomic E-state index is 12.4. The number of methoxy groups -OCH3 is 1. The molecular formula is C28H32N4O3. The molecule has 182 valence electrons. The summed E-state index contributed by atoms with van der Waals surface area (Å²) in [5.74, 6) is 1.15. The maximum absolute atomic E-state index is 12.4. The van der Waals surface area contributed by atoms with E-state index in [1.165, 1.54) is 5.56 Å². The van der Waals surface area contributed by atoms with Gasteiger partial charge in [0.2, 0.25) is 0 Å². The highest BCUT2D eigenvalue weighted by atomic mass is 16.5. The fourth-order valence-electron chi connectivity index (χ4n) is 3.99. The molecule has 1 N–H and O–H groups in total. The summed E-state index contributed by atoms with van der Waals surface area (Å²) >= 11 is 0. The van der Waals surface area contributed by atoms with Gasteiger partial charge in [-0.3, -0.25) is 14.6 Å². The number of hydrogen-bond donors (Lipinski definition) is 1. The standard InChI is InChI=1S/C28H32N4O3/c1-34-26-13-12-25(18-27(26)35-22-24-10-6-3-7-11-24)19-29-30-28(33)21-32-16-14-31(15-17-32)20-23-8-4-2-5-9-23/h2-13,18-19H,14-17,20-22H2,1H3,(H,30,33)/b29-19+. The minimum atomic E-state index is -0.119. The van der Waals surface area contributed by atoms with Crippen molar-refractivity contribution in [2.45, 2.75) is 13.2 Å². The lowest BCUT2D eigenvalue weighted by Gasteiger charge is -2.34. The summed E-state index contributed by atoms with van der Waals surface area (Å²) < 4.78 is 11.4. The van der Waals surface area contributed by atoms with Crippen LogP contribution in [0.2, 0.25) is 0 Å². The molecule has 1 aliphatic heterocycles. The molecule has 0 spiro atoms. The zero-order valence-corrected chi connectivity index (χ0v) is 20.1. The van der Waals surface area contributed by atoms with Gasteiger partial charge in [-0.15, -0.1) is 0 Å². The predicted molar refractivity (Wildman–Crippen MR) is 138 cm³/mol. The van der Waals surface area contributed by atoms with Gasteiger partial charge in [0.1, 0.15) is 6.61 Å². The van der Waals surface area contributed by atoms with Crippen LogP contribution >= 0.6 is 0 Å². The second kappa shape index (κ2) is 12.7. The molecule has 35 heavy (non-hydrogen) atoms. The molecule has 0 bridgehead atoms. The van der Waals surface area contributed by atoms with Gasteiger partial charge in [0.25, 0.3) is 5.91 Å². The minimum Gasteiger partial charge on any atom is -0.493 e. The van der Waals surface area contributed by atoms with Crippen molar-refractivity contribution in [3.63, 3.8) is 0 Å². The third kappa shape index (κ3) is 7.67. The first-order valence-electron chi connectivity index (χ1n) is 11.8. The number of benzene rings is 3. The quantitative estimate of drug-likeness (QED) is 0.361. The van der Waals surface area contributed by atoms with Gasteiger partial charge >= 0.3 is 0 Å². The van der Waals surface area contributed by atoms with E-state index in [-0.39, 0.29) is 5.91 Å². The molecule has 0 atom stereocenters. The highest BCUT2D eigenvalue weighted by Crippen LogP contribution is 2.28. The lowest BCUT2D eigenvalue weighted by atomic mass is 10.2. The van der Waals surface area contributed by atoms with Gasteiger partial charge in [0, 0.05) is 32.7 Å². The molecular weight excluding hydrogens is 440 g/mol. The fourth-order valence-corrected chi connectivity index (χ4v) is 3.99. The Morgan fingerprint density at radius 1 is 0.886 bits per heavy atom. The van der Waals surface area contributed by atoms with Crippen LogP contribution in [0.5, 0.6) is 11.5 Å².